The Hall–Kier alpha value is -1.09. The number of hydrogen-bond donors (Lipinski definition) is 1. The Bertz CT molecular complexity index is 281. The lowest BCUT2D eigenvalue weighted by molar-refractivity contribution is 0.144. The number of anilines is 1. The van der Waals surface area contributed by atoms with Gasteiger partial charge in [0.15, 0.2) is 0 Å². The van der Waals surface area contributed by atoms with Gasteiger partial charge >= 0.3 is 0 Å². The average Bonchev–Trinajstić information content (AvgIpc) is 2.21. The van der Waals surface area contributed by atoms with Crippen LogP contribution in [0.3, 0.4) is 0 Å². The zero-order valence-electron chi connectivity index (χ0n) is 9.35. The van der Waals surface area contributed by atoms with Crippen LogP contribution in [0.25, 0.3) is 0 Å². The second kappa shape index (κ2) is 6.40. The van der Waals surface area contributed by atoms with Crippen molar-refractivity contribution in [2.24, 2.45) is 0 Å². The molecule has 3 heteroatoms. The molecule has 0 bridgehead atoms. The van der Waals surface area contributed by atoms with Crippen LogP contribution < -0.4 is 5.32 Å². The van der Waals surface area contributed by atoms with Gasteiger partial charge < -0.3 is 10.1 Å². The zero-order chi connectivity index (χ0) is 11.1. The first-order valence-electron chi connectivity index (χ1n) is 5.32. The van der Waals surface area contributed by atoms with E-state index in [9.17, 15) is 4.39 Å². The van der Waals surface area contributed by atoms with Gasteiger partial charge in [-0.15, -0.1) is 0 Å². The molecule has 0 radical (unpaired) electrons. The lowest BCUT2D eigenvalue weighted by atomic mass is 10.2. The molecular weight excluding hydrogens is 193 g/mol. The molecule has 0 fully saturated rings. The third-order valence-electron chi connectivity index (χ3n) is 2.12. The summed E-state index contributed by atoms with van der Waals surface area (Å²) in [6, 6.07) is 5.06. The van der Waals surface area contributed by atoms with Gasteiger partial charge in [-0.2, -0.15) is 0 Å². The molecule has 0 aliphatic heterocycles. The molecule has 0 saturated carbocycles. The van der Waals surface area contributed by atoms with Gasteiger partial charge in [-0.05, 0) is 25.0 Å². The van der Waals surface area contributed by atoms with Crippen LogP contribution in [0.5, 0.6) is 0 Å². The van der Waals surface area contributed by atoms with E-state index in [1.807, 2.05) is 13.0 Å². The van der Waals surface area contributed by atoms with E-state index in [0.717, 1.165) is 18.6 Å². The van der Waals surface area contributed by atoms with Gasteiger partial charge in [0, 0.05) is 13.2 Å². The van der Waals surface area contributed by atoms with Crippen molar-refractivity contribution in [2.75, 3.05) is 25.1 Å². The van der Waals surface area contributed by atoms with Crippen LogP contribution in [0.2, 0.25) is 0 Å². The first-order valence-corrected chi connectivity index (χ1v) is 5.32. The monoisotopic (exact) mass is 211 g/mol. The largest absolute Gasteiger partial charge is 0.380 e. The van der Waals surface area contributed by atoms with Gasteiger partial charge in [-0.1, -0.05) is 19.1 Å². The highest BCUT2D eigenvalue weighted by atomic mass is 19.1. The normalized spacial score (nSPS) is 10.3. The molecule has 0 atom stereocenters. The molecule has 1 N–H and O–H groups in total. The van der Waals surface area contributed by atoms with E-state index < -0.39 is 0 Å². The number of rotatable bonds is 6. The number of hydrogen-bond acceptors (Lipinski definition) is 2. The summed E-state index contributed by atoms with van der Waals surface area (Å²) in [6.07, 6.45) is 1.01. The lowest BCUT2D eigenvalue weighted by Crippen LogP contribution is -2.11. The highest BCUT2D eigenvalue weighted by molar-refractivity contribution is 5.51. The van der Waals surface area contributed by atoms with Crippen LogP contribution in [-0.2, 0) is 4.74 Å². The minimum absolute atomic E-state index is 0.203. The van der Waals surface area contributed by atoms with Crippen molar-refractivity contribution in [1.82, 2.24) is 0 Å². The van der Waals surface area contributed by atoms with Crippen molar-refractivity contribution >= 4 is 5.69 Å². The highest BCUT2D eigenvalue weighted by Gasteiger charge is 2.03. The molecule has 0 aromatic heterocycles. The molecule has 1 aromatic carbocycles. The molecule has 2 nitrogen and oxygen atoms in total. The Morgan fingerprint density at radius 2 is 2.13 bits per heavy atom. The smallest absolute Gasteiger partial charge is 0.146 e. The fraction of sp³-hybridized carbons (Fsp3) is 0.500. The lowest BCUT2D eigenvalue weighted by Gasteiger charge is -2.10. The standard InChI is InChI=1S/C12H18FNO/c1-3-8-15-9-7-14-12-10(2)5-4-6-11(12)13/h4-6,14H,3,7-9H2,1-2H3. The predicted molar refractivity (Wildman–Crippen MR) is 60.7 cm³/mol. The maximum absolute atomic E-state index is 13.3. The quantitative estimate of drug-likeness (QED) is 0.730. The Labute approximate surface area is 90.4 Å². The molecule has 84 valence electrons. The van der Waals surface area contributed by atoms with Gasteiger partial charge in [-0.3, -0.25) is 0 Å². The number of benzene rings is 1. The van der Waals surface area contributed by atoms with Crippen LogP contribution in [-0.4, -0.2) is 19.8 Å². The molecule has 15 heavy (non-hydrogen) atoms. The first kappa shape index (κ1) is 12.0. The van der Waals surface area contributed by atoms with E-state index in [4.69, 9.17) is 4.74 Å². The van der Waals surface area contributed by atoms with Crippen molar-refractivity contribution in [3.05, 3.63) is 29.6 Å². The first-order chi connectivity index (χ1) is 7.25. The number of nitrogens with one attached hydrogen (secondary N) is 1. The van der Waals surface area contributed by atoms with E-state index in [-0.39, 0.29) is 5.82 Å². The minimum Gasteiger partial charge on any atom is -0.380 e. The molecule has 0 spiro atoms. The summed E-state index contributed by atoms with van der Waals surface area (Å²) in [4.78, 5) is 0. The predicted octanol–water partition coefficient (Wildman–Crippen LogP) is 2.97. The summed E-state index contributed by atoms with van der Waals surface area (Å²) >= 11 is 0. The Morgan fingerprint density at radius 3 is 2.80 bits per heavy atom. The highest BCUT2D eigenvalue weighted by Crippen LogP contribution is 2.17. The van der Waals surface area contributed by atoms with Gasteiger partial charge in [0.1, 0.15) is 5.82 Å². The summed E-state index contributed by atoms with van der Waals surface area (Å²) in [6.45, 7) is 5.97. The van der Waals surface area contributed by atoms with E-state index in [1.165, 1.54) is 6.07 Å². The number of aryl methyl sites for hydroxylation is 1. The fourth-order valence-corrected chi connectivity index (χ4v) is 1.35. The van der Waals surface area contributed by atoms with Crippen molar-refractivity contribution in [3.8, 4) is 0 Å². The molecule has 0 amide bonds. The molecule has 0 unspecified atom stereocenters. The second-order valence-corrected chi connectivity index (χ2v) is 3.47. The summed E-state index contributed by atoms with van der Waals surface area (Å²) < 4.78 is 18.6. The van der Waals surface area contributed by atoms with Gasteiger partial charge in [0.2, 0.25) is 0 Å². The minimum atomic E-state index is -0.203. The van der Waals surface area contributed by atoms with Crippen LogP contribution in [0.1, 0.15) is 18.9 Å². The van der Waals surface area contributed by atoms with Gasteiger partial charge in [-0.25, -0.2) is 4.39 Å². The molecular formula is C12H18FNO. The van der Waals surface area contributed by atoms with Gasteiger partial charge in [0.25, 0.3) is 0 Å². The molecule has 0 aliphatic rings. The number of halogens is 1. The Balaban J connectivity index is 2.37. The summed E-state index contributed by atoms with van der Waals surface area (Å²) in [5.74, 6) is -0.203. The molecule has 1 aromatic rings. The Morgan fingerprint density at radius 1 is 1.33 bits per heavy atom. The third kappa shape index (κ3) is 3.88. The van der Waals surface area contributed by atoms with E-state index in [2.05, 4.69) is 12.2 Å². The van der Waals surface area contributed by atoms with Gasteiger partial charge in [0.05, 0.1) is 12.3 Å². The second-order valence-electron chi connectivity index (χ2n) is 3.47. The average molecular weight is 211 g/mol. The molecule has 1 rings (SSSR count). The maximum Gasteiger partial charge on any atom is 0.146 e. The summed E-state index contributed by atoms with van der Waals surface area (Å²) in [7, 11) is 0. The fourth-order valence-electron chi connectivity index (χ4n) is 1.35. The van der Waals surface area contributed by atoms with Crippen molar-refractivity contribution in [2.45, 2.75) is 20.3 Å². The number of para-hydroxylation sites is 1. The Kier molecular flexibility index (Phi) is 5.12. The van der Waals surface area contributed by atoms with Crippen molar-refractivity contribution in [3.63, 3.8) is 0 Å². The van der Waals surface area contributed by atoms with E-state index in [1.54, 1.807) is 6.07 Å². The zero-order valence-corrected chi connectivity index (χ0v) is 9.35. The van der Waals surface area contributed by atoms with Crippen LogP contribution >= 0.6 is 0 Å². The van der Waals surface area contributed by atoms with Crippen LogP contribution in [0, 0.1) is 12.7 Å². The van der Waals surface area contributed by atoms with E-state index in [0.29, 0.717) is 18.8 Å². The van der Waals surface area contributed by atoms with E-state index >= 15 is 0 Å². The maximum atomic E-state index is 13.3. The topological polar surface area (TPSA) is 21.3 Å². The molecule has 0 saturated heterocycles. The summed E-state index contributed by atoms with van der Waals surface area (Å²) in [5, 5.41) is 3.04. The van der Waals surface area contributed by atoms with Crippen molar-refractivity contribution in [1.29, 1.82) is 0 Å². The van der Waals surface area contributed by atoms with Crippen LogP contribution in [0.15, 0.2) is 18.2 Å². The molecule has 0 aliphatic carbocycles. The SMILES string of the molecule is CCCOCCNc1c(C)cccc1F. The third-order valence-corrected chi connectivity index (χ3v) is 2.12. The number of ether oxygens (including phenoxy) is 1. The van der Waals surface area contributed by atoms with Crippen molar-refractivity contribution < 1.29 is 9.13 Å². The summed E-state index contributed by atoms with van der Waals surface area (Å²) in [5.41, 5.74) is 1.50. The van der Waals surface area contributed by atoms with Crippen LogP contribution in [0.4, 0.5) is 10.1 Å². The molecule has 0 heterocycles.